The van der Waals surface area contributed by atoms with Crippen LogP contribution >= 0.6 is 0 Å². The van der Waals surface area contributed by atoms with E-state index in [1.165, 1.54) is 5.56 Å². The number of rotatable bonds is 4. The molecule has 2 aromatic rings. The van der Waals surface area contributed by atoms with Crippen molar-refractivity contribution in [2.45, 2.75) is 13.1 Å². The number of nitrogens with zero attached hydrogens (tertiary/aromatic N) is 3. The van der Waals surface area contributed by atoms with Gasteiger partial charge in [0.2, 0.25) is 0 Å². The van der Waals surface area contributed by atoms with Crippen molar-refractivity contribution in [1.29, 1.82) is 0 Å². The number of benzene rings is 1. The molecule has 4 nitrogen and oxygen atoms in total. The zero-order valence-corrected chi connectivity index (χ0v) is 9.87. The zero-order chi connectivity index (χ0) is 12.1. The lowest BCUT2D eigenvalue weighted by atomic mass is 10.1. The highest BCUT2D eigenvalue weighted by atomic mass is 15.2. The molecule has 0 radical (unpaired) electrons. The third-order valence-corrected chi connectivity index (χ3v) is 2.63. The fraction of sp³-hybridized carbons (Fsp3) is 0.231. The van der Waals surface area contributed by atoms with E-state index in [-0.39, 0.29) is 0 Å². The molecule has 0 saturated carbocycles. The summed E-state index contributed by atoms with van der Waals surface area (Å²) in [6, 6.07) is 12.1. The highest BCUT2D eigenvalue weighted by molar-refractivity contribution is 5.37. The standard InChI is InChI=1S/C13H16N4/c1-17(13-3-2-8-15-16-13)10-12-6-4-11(9-14)5-7-12/h2-8H,9-10,14H2,1H3. The number of aromatic nitrogens is 2. The van der Waals surface area contributed by atoms with E-state index in [0.717, 1.165) is 17.9 Å². The summed E-state index contributed by atoms with van der Waals surface area (Å²) in [5, 5.41) is 7.93. The minimum Gasteiger partial charge on any atom is -0.354 e. The van der Waals surface area contributed by atoms with Gasteiger partial charge in [0.15, 0.2) is 5.82 Å². The monoisotopic (exact) mass is 228 g/mol. The molecular weight excluding hydrogens is 212 g/mol. The van der Waals surface area contributed by atoms with E-state index in [0.29, 0.717) is 6.54 Å². The number of nitrogens with two attached hydrogens (primary N) is 1. The van der Waals surface area contributed by atoms with Crippen LogP contribution in [0.4, 0.5) is 5.82 Å². The second kappa shape index (κ2) is 5.41. The van der Waals surface area contributed by atoms with Crippen molar-refractivity contribution in [3.63, 3.8) is 0 Å². The zero-order valence-electron chi connectivity index (χ0n) is 9.87. The molecule has 0 aliphatic carbocycles. The first-order chi connectivity index (χ1) is 8.29. The Morgan fingerprint density at radius 1 is 1.12 bits per heavy atom. The maximum absolute atomic E-state index is 5.56. The molecule has 88 valence electrons. The Labute approximate surface area is 101 Å². The van der Waals surface area contributed by atoms with Gasteiger partial charge in [-0.2, -0.15) is 5.10 Å². The highest BCUT2D eigenvalue weighted by Crippen LogP contribution is 2.11. The van der Waals surface area contributed by atoms with Gasteiger partial charge in [0, 0.05) is 26.3 Å². The normalized spacial score (nSPS) is 10.2. The lowest BCUT2D eigenvalue weighted by molar-refractivity contribution is 0.865. The van der Waals surface area contributed by atoms with Crippen molar-refractivity contribution in [3.05, 3.63) is 53.7 Å². The Morgan fingerprint density at radius 3 is 2.41 bits per heavy atom. The fourth-order valence-corrected chi connectivity index (χ4v) is 1.63. The highest BCUT2D eigenvalue weighted by Gasteiger charge is 2.03. The van der Waals surface area contributed by atoms with Crippen molar-refractivity contribution < 1.29 is 0 Å². The lowest BCUT2D eigenvalue weighted by Crippen LogP contribution is -2.17. The van der Waals surface area contributed by atoms with Crippen LogP contribution in [0.15, 0.2) is 42.6 Å². The van der Waals surface area contributed by atoms with Gasteiger partial charge >= 0.3 is 0 Å². The van der Waals surface area contributed by atoms with Gasteiger partial charge in [-0.25, -0.2) is 0 Å². The minimum absolute atomic E-state index is 0.584. The molecule has 0 aliphatic heterocycles. The topological polar surface area (TPSA) is 55.0 Å². The van der Waals surface area contributed by atoms with Gasteiger partial charge in [0.05, 0.1) is 0 Å². The van der Waals surface area contributed by atoms with Crippen LogP contribution in [0, 0.1) is 0 Å². The SMILES string of the molecule is CN(Cc1ccc(CN)cc1)c1cccnn1. The molecule has 0 saturated heterocycles. The van der Waals surface area contributed by atoms with Gasteiger partial charge in [-0.05, 0) is 23.3 Å². The van der Waals surface area contributed by atoms with Crippen LogP contribution in [-0.2, 0) is 13.1 Å². The predicted octanol–water partition coefficient (Wildman–Crippen LogP) is 1.57. The van der Waals surface area contributed by atoms with Crippen LogP contribution in [0.3, 0.4) is 0 Å². The molecule has 4 heteroatoms. The molecule has 0 bridgehead atoms. The Kier molecular flexibility index (Phi) is 3.67. The number of hydrogen-bond acceptors (Lipinski definition) is 4. The van der Waals surface area contributed by atoms with Crippen molar-refractivity contribution in [2.24, 2.45) is 5.73 Å². The molecular formula is C13H16N4. The van der Waals surface area contributed by atoms with E-state index in [2.05, 4.69) is 39.4 Å². The first-order valence-corrected chi connectivity index (χ1v) is 5.56. The summed E-state index contributed by atoms with van der Waals surface area (Å²) < 4.78 is 0. The number of hydrogen-bond donors (Lipinski definition) is 1. The van der Waals surface area contributed by atoms with Crippen LogP contribution in [0.2, 0.25) is 0 Å². The van der Waals surface area contributed by atoms with E-state index >= 15 is 0 Å². The number of anilines is 1. The molecule has 17 heavy (non-hydrogen) atoms. The summed E-state index contributed by atoms with van der Waals surface area (Å²) in [6.07, 6.45) is 1.67. The van der Waals surface area contributed by atoms with E-state index < -0.39 is 0 Å². The van der Waals surface area contributed by atoms with E-state index in [9.17, 15) is 0 Å². The van der Waals surface area contributed by atoms with Crippen LogP contribution < -0.4 is 10.6 Å². The summed E-state index contributed by atoms with van der Waals surface area (Å²) in [5.41, 5.74) is 7.94. The summed E-state index contributed by atoms with van der Waals surface area (Å²) in [7, 11) is 2.00. The first kappa shape index (κ1) is 11.5. The predicted molar refractivity (Wildman–Crippen MR) is 68.5 cm³/mol. The second-order valence-corrected chi connectivity index (χ2v) is 3.96. The molecule has 0 fully saturated rings. The molecule has 2 N–H and O–H groups in total. The smallest absolute Gasteiger partial charge is 0.151 e. The maximum Gasteiger partial charge on any atom is 0.151 e. The van der Waals surface area contributed by atoms with Crippen LogP contribution in [-0.4, -0.2) is 17.2 Å². The average molecular weight is 228 g/mol. The van der Waals surface area contributed by atoms with Gasteiger partial charge in [-0.3, -0.25) is 0 Å². The molecule has 0 atom stereocenters. The molecule has 0 spiro atoms. The van der Waals surface area contributed by atoms with E-state index in [4.69, 9.17) is 5.73 Å². The molecule has 1 aromatic carbocycles. The molecule has 1 aromatic heterocycles. The molecule has 2 rings (SSSR count). The van der Waals surface area contributed by atoms with E-state index in [1.54, 1.807) is 6.20 Å². The van der Waals surface area contributed by atoms with Crippen LogP contribution in [0.5, 0.6) is 0 Å². The molecule has 0 aliphatic rings. The third-order valence-electron chi connectivity index (χ3n) is 2.63. The molecule has 0 amide bonds. The van der Waals surface area contributed by atoms with Gasteiger partial charge in [-0.15, -0.1) is 5.10 Å². The van der Waals surface area contributed by atoms with Crippen molar-refractivity contribution in [2.75, 3.05) is 11.9 Å². The maximum atomic E-state index is 5.56. The summed E-state index contributed by atoms with van der Waals surface area (Å²) in [5.74, 6) is 0.871. The van der Waals surface area contributed by atoms with Crippen molar-refractivity contribution in [3.8, 4) is 0 Å². The Hall–Kier alpha value is -1.94. The van der Waals surface area contributed by atoms with Gasteiger partial charge in [0.1, 0.15) is 0 Å². The quantitative estimate of drug-likeness (QED) is 0.863. The molecule has 0 unspecified atom stereocenters. The fourth-order valence-electron chi connectivity index (χ4n) is 1.63. The first-order valence-electron chi connectivity index (χ1n) is 5.56. The Balaban J connectivity index is 2.05. The van der Waals surface area contributed by atoms with Crippen molar-refractivity contribution >= 4 is 5.82 Å². The largest absolute Gasteiger partial charge is 0.354 e. The Morgan fingerprint density at radius 2 is 1.82 bits per heavy atom. The Bertz CT molecular complexity index is 453. The van der Waals surface area contributed by atoms with Crippen LogP contribution in [0.1, 0.15) is 11.1 Å². The van der Waals surface area contributed by atoms with Gasteiger partial charge in [-0.1, -0.05) is 24.3 Å². The summed E-state index contributed by atoms with van der Waals surface area (Å²) in [6.45, 7) is 1.39. The van der Waals surface area contributed by atoms with Crippen molar-refractivity contribution in [1.82, 2.24) is 10.2 Å². The molecule has 1 heterocycles. The average Bonchev–Trinajstić information content (AvgIpc) is 2.40. The lowest BCUT2D eigenvalue weighted by Gasteiger charge is -2.17. The van der Waals surface area contributed by atoms with Gasteiger partial charge < -0.3 is 10.6 Å². The van der Waals surface area contributed by atoms with Gasteiger partial charge in [0.25, 0.3) is 0 Å². The van der Waals surface area contributed by atoms with Crippen LogP contribution in [0.25, 0.3) is 0 Å². The third kappa shape index (κ3) is 3.01. The van der Waals surface area contributed by atoms with E-state index in [1.807, 2.05) is 19.2 Å². The second-order valence-electron chi connectivity index (χ2n) is 3.96. The summed E-state index contributed by atoms with van der Waals surface area (Å²) in [4.78, 5) is 2.06. The minimum atomic E-state index is 0.584. The summed E-state index contributed by atoms with van der Waals surface area (Å²) >= 11 is 0.